The van der Waals surface area contributed by atoms with E-state index in [-0.39, 0.29) is 5.82 Å². The van der Waals surface area contributed by atoms with Crippen LogP contribution in [0.3, 0.4) is 0 Å². The number of rotatable bonds is 6. The molecule has 2 fully saturated rings. The average molecular weight is 347 g/mol. The molecule has 0 aliphatic heterocycles. The summed E-state index contributed by atoms with van der Waals surface area (Å²) in [5.41, 5.74) is 1.89. The van der Waals surface area contributed by atoms with Crippen LogP contribution >= 0.6 is 0 Å². The van der Waals surface area contributed by atoms with Gasteiger partial charge >= 0.3 is 0 Å². The van der Waals surface area contributed by atoms with Crippen LogP contribution in [0.15, 0.2) is 18.2 Å². The number of benzene rings is 1. The minimum Gasteiger partial charge on any atom is -0.377 e. The molecular formula is C23H35FO. The maximum Gasteiger partial charge on any atom is 0.129 e. The summed E-state index contributed by atoms with van der Waals surface area (Å²) >= 11 is 0. The first-order valence-corrected chi connectivity index (χ1v) is 10.6. The van der Waals surface area contributed by atoms with Crippen LogP contribution in [-0.2, 0) is 11.3 Å². The van der Waals surface area contributed by atoms with E-state index in [1.54, 1.807) is 6.07 Å². The molecule has 0 bridgehead atoms. The molecule has 2 aliphatic carbocycles. The summed E-state index contributed by atoms with van der Waals surface area (Å²) in [5.74, 6) is 3.35. The molecule has 0 radical (unpaired) electrons. The molecule has 1 aromatic rings. The fraction of sp³-hybridized carbons (Fsp3) is 0.739. The summed E-state index contributed by atoms with van der Waals surface area (Å²) in [5, 5.41) is 0. The van der Waals surface area contributed by atoms with E-state index in [9.17, 15) is 4.39 Å². The maximum atomic E-state index is 14.3. The predicted molar refractivity (Wildman–Crippen MR) is 102 cm³/mol. The highest BCUT2D eigenvalue weighted by Crippen LogP contribution is 2.44. The van der Waals surface area contributed by atoms with Crippen LogP contribution in [0.5, 0.6) is 0 Å². The van der Waals surface area contributed by atoms with Crippen LogP contribution in [0.4, 0.5) is 4.39 Å². The van der Waals surface area contributed by atoms with Crippen LogP contribution in [0.2, 0.25) is 0 Å². The molecule has 2 heteroatoms. The lowest BCUT2D eigenvalue weighted by Gasteiger charge is -2.38. The molecule has 0 heterocycles. The molecule has 0 atom stereocenters. The lowest BCUT2D eigenvalue weighted by atomic mass is 9.68. The van der Waals surface area contributed by atoms with Gasteiger partial charge in [0.15, 0.2) is 0 Å². The van der Waals surface area contributed by atoms with Gasteiger partial charge in [0.05, 0.1) is 6.61 Å². The molecule has 2 saturated carbocycles. The highest BCUT2D eigenvalue weighted by Gasteiger charge is 2.31. The van der Waals surface area contributed by atoms with Crippen LogP contribution in [0, 0.1) is 23.6 Å². The van der Waals surface area contributed by atoms with Crippen molar-refractivity contribution in [1.29, 1.82) is 0 Å². The SMILES string of the molecule is CCOCc1ccc(C2CCC([C@H]3CC[C@H](CC)CC3)CC2)cc1F. The molecule has 0 amide bonds. The molecule has 3 rings (SSSR count). The Bertz CT molecular complexity index is 525. The molecule has 0 spiro atoms. The molecule has 0 N–H and O–H groups in total. The Morgan fingerprint density at radius 3 is 2.12 bits per heavy atom. The van der Waals surface area contributed by atoms with E-state index < -0.39 is 0 Å². The summed E-state index contributed by atoms with van der Waals surface area (Å²) in [6, 6.07) is 5.83. The lowest BCUT2D eigenvalue weighted by molar-refractivity contribution is 0.131. The third-order valence-electron chi connectivity index (χ3n) is 6.92. The molecule has 1 nitrogen and oxygen atoms in total. The van der Waals surface area contributed by atoms with Crippen molar-refractivity contribution >= 4 is 0 Å². The number of halogens is 1. The summed E-state index contributed by atoms with van der Waals surface area (Å²) in [7, 11) is 0. The maximum absolute atomic E-state index is 14.3. The highest BCUT2D eigenvalue weighted by molar-refractivity contribution is 5.27. The molecule has 25 heavy (non-hydrogen) atoms. The minimum absolute atomic E-state index is 0.0917. The first-order chi connectivity index (χ1) is 12.2. The van der Waals surface area contributed by atoms with E-state index in [2.05, 4.69) is 13.0 Å². The van der Waals surface area contributed by atoms with Gasteiger partial charge in [-0.05, 0) is 80.8 Å². The zero-order chi connectivity index (χ0) is 17.6. The largest absolute Gasteiger partial charge is 0.377 e. The van der Waals surface area contributed by atoms with Gasteiger partial charge in [-0.3, -0.25) is 0 Å². The van der Waals surface area contributed by atoms with Gasteiger partial charge in [-0.2, -0.15) is 0 Å². The van der Waals surface area contributed by atoms with Gasteiger partial charge < -0.3 is 4.74 Å². The third-order valence-corrected chi connectivity index (χ3v) is 6.92. The van der Waals surface area contributed by atoms with Gasteiger partial charge in [-0.1, -0.05) is 38.3 Å². The lowest BCUT2D eigenvalue weighted by Crippen LogP contribution is -2.25. The van der Waals surface area contributed by atoms with Crippen molar-refractivity contribution in [2.75, 3.05) is 6.61 Å². The minimum atomic E-state index is -0.0917. The Morgan fingerprint density at radius 1 is 0.920 bits per heavy atom. The highest BCUT2D eigenvalue weighted by atomic mass is 19.1. The van der Waals surface area contributed by atoms with E-state index in [4.69, 9.17) is 4.74 Å². The fourth-order valence-electron chi connectivity index (χ4n) is 5.14. The van der Waals surface area contributed by atoms with Crippen molar-refractivity contribution < 1.29 is 9.13 Å². The summed E-state index contributed by atoms with van der Waals surface area (Å²) in [4.78, 5) is 0. The van der Waals surface area contributed by atoms with Crippen molar-refractivity contribution in [2.24, 2.45) is 17.8 Å². The molecule has 1 aromatic carbocycles. The van der Waals surface area contributed by atoms with Crippen molar-refractivity contribution in [2.45, 2.75) is 84.2 Å². The Morgan fingerprint density at radius 2 is 1.56 bits per heavy atom. The van der Waals surface area contributed by atoms with E-state index in [0.717, 1.165) is 17.8 Å². The summed E-state index contributed by atoms with van der Waals surface area (Å²) in [6.45, 7) is 5.30. The van der Waals surface area contributed by atoms with Crippen molar-refractivity contribution in [3.05, 3.63) is 35.1 Å². The van der Waals surface area contributed by atoms with Crippen molar-refractivity contribution in [1.82, 2.24) is 0 Å². The third kappa shape index (κ3) is 4.84. The molecular weight excluding hydrogens is 311 g/mol. The Kier molecular flexibility index (Phi) is 6.92. The average Bonchev–Trinajstić information content (AvgIpc) is 2.67. The van der Waals surface area contributed by atoms with E-state index in [1.165, 1.54) is 63.4 Å². The van der Waals surface area contributed by atoms with Gasteiger partial charge in [0, 0.05) is 12.2 Å². The summed E-state index contributed by atoms with van der Waals surface area (Å²) in [6.07, 6.45) is 12.3. The van der Waals surface area contributed by atoms with E-state index >= 15 is 0 Å². The van der Waals surface area contributed by atoms with Crippen molar-refractivity contribution in [3.8, 4) is 0 Å². The number of ether oxygens (including phenoxy) is 1. The smallest absolute Gasteiger partial charge is 0.129 e. The topological polar surface area (TPSA) is 9.23 Å². The standard InChI is InChI=1S/C23H35FO/c1-3-17-5-7-18(8-6-17)19-9-11-20(12-10-19)21-13-14-22(16-25-4-2)23(24)15-21/h13-15,17-20H,3-12,16H2,1-2H3/t17-,18-,19?,20?. The second-order valence-electron chi connectivity index (χ2n) is 8.29. The second-order valence-corrected chi connectivity index (χ2v) is 8.29. The fourth-order valence-corrected chi connectivity index (χ4v) is 5.14. The molecule has 0 saturated heterocycles. The van der Waals surface area contributed by atoms with Crippen LogP contribution in [0.25, 0.3) is 0 Å². The van der Waals surface area contributed by atoms with Gasteiger partial charge in [-0.25, -0.2) is 4.39 Å². The Hall–Kier alpha value is -0.890. The van der Waals surface area contributed by atoms with Gasteiger partial charge in [0.1, 0.15) is 5.82 Å². The zero-order valence-electron chi connectivity index (χ0n) is 16.1. The monoisotopic (exact) mass is 346 g/mol. The zero-order valence-corrected chi connectivity index (χ0v) is 16.1. The quantitative estimate of drug-likeness (QED) is 0.547. The molecule has 140 valence electrons. The number of hydrogen-bond donors (Lipinski definition) is 0. The van der Waals surface area contributed by atoms with Gasteiger partial charge in [0.2, 0.25) is 0 Å². The van der Waals surface area contributed by atoms with Crippen LogP contribution < -0.4 is 0 Å². The van der Waals surface area contributed by atoms with Gasteiger partial charge in [-0.15, -0.1) is 0 Å². The van der Waals surface area contributed by atoms with E-state index in [0.29, 0.717) is 24.7 Å². The van der Waals surface area contributed by atoms with Gasteiger partial charge in [0.25, 0.3) is 0 Å². The first-order valence-electron chi connectivity index (χ1n) is 10.6. The molecule has 2 aliphatic rings. The molecule has 0 unspecified atom stereocenters. The van der Waals surface area contributed by atoms with Crippen LogP contribution in [0.1, 0.15) is 88.7 Å². The second kappa shape index (κ2) is 9.16. The first kappa shape index (κ1) is 18.9. The normalized spacial score (nSPS) is 30.4. The Balaban J connectivity index is 1.51. The number of hydrogen-bond acceptors (Lipinski definition) is 1. The Labute approximate surface area is 153 Å². The summed E-state index contributed by atoms with van der Waals surface area (Å²) < 4.78 is 19.6. The molecule has 0 aromatic heterocycles. The predicted octanol–water partition coefficient (Wildman–Crippen LogP) is 6.85. The van der Waals surface area contributed by atoms with Crippen LogP contribution in [-0.4, -0.2) is 6.61 Å². The van der Waals surface area contributed by atoms with E-state index in [1.807, 2.05) is 13.0 Å². The van der Waals surface area contributed by atoms with Crippen molar-refractivity contribution in [3.63, 3.8) is 0 Å².